The van der Waals surface area contributed by atoms with Gasteiger partial charge in [0, 0.05) is 46.0 Å². The molecule has 0 saturated heterocycles. The predicted octanol–water partition coefficient (Wildman–Crippen LogP) is 5.25. The molecule has 0 atom stereocenters. The number of nitrogens with one attached hydrogen (secondary N) is 2. The van der Waals surface area contributed by atoms with Crippen LogP contribution in [0, 0.1) is 0 Å². The minimum absolute atomic E-state index is 0.191. The van der Waals surface area contributed by atoms with Gasteiger partial charge in [0.1, 0.15) is 18.0 Å². The van der Waals surface area contributed by atoms with E-state index in [1.54, 1.807) is 24.7 Å². The molecule has 0 spiro atoms. The number of carboxylic acid groups (broad SMARTS) is 1. The molecule has 3 N–H and O–H groups in total. The molecule has 2 aromatic carbocycles. The van der Waals surface area contributed by atoms with Gasteiger partial charge in [-0.2, -0.15) is 0 Å². The Kier molecular flexibility index (Phi) is 4.72. The summed E-state index contributed by atoms with van der Waals surface area (Å²) in [6.45, 7) is 0.441. The van der Waals surface area contributed by atoms with E-state index in [4.69, 9.17) is 4.74 Å². The lowest BCUT2D eigenvalue weighted by Gasteiger charge is -2.07. The number of H-pyrrole nitrogens is 2. The van der Waals surface area contributed by atoms with Crippen molar-refractivity contribution in [1.29, 1.82) is 0 Å². The van der Waals surface area contributed by atoms with Crippen molar-refractivity contribution in [2.45, 2.75) is 6.61 Å². The number of aliphatic carboxylic acids is 1. The number of fused-ring (bicyclic) bond motifs is 2. The van der Waals surface area contributed by atoms with Gasteiger partial charge in [-0.25, -0.2) is 9.78 Å². The molecule has 5 rings (SSSR count). The molecule has 3 aromatic heterocycles. The molecule has 0 amide bonds. The van der Waals surface area contributed by atoms with Crippen LogP contribution < -0.4 is 4.74 Å². The van der Waals surface area contributed by atoms with Gasteiger partial charge in [-0.3, -0.25) is 0 Å². The number of hydrogen-bond donors (Lipinski definition) is 3. The zero-order valence-corrected chi connectivity index (χ0v) is 16.5. The fourth-order valence-corrected chi connectivity index (χ4v) is 3.66. The molecule has 0 radical (unpaired) electrons. The molecule has 5 aromatic rings. The highest BCUT2D eigenvalue weighted by atomic mass is 16.5. The summed E-state index contributed by atoms with van der Waals surface area (Å²) in [5, 5.41) is 11.6. The van der Waals surface area contributed by atoms with Crippen LogP contribution in [0.1, 0.15) is 16.7 Å². The normalized spacial score (nSPS) is 11.8. The first-order valence-corrected chi connectivity index (χ1v) is 9.84. The lowest BCUT2D eigenvalue weighted by atomic mass is 10.0. The molecule has 6 nitrogen and oxygen atoms in total. The quantitative estimate of drug-likeness (QED) is 0.334. The molecule has 0 fully saturated rings. The Hall–Kier alpha value is -4.32. The summed E-state index contributed by atoms with van der Waals surface area (Å²) >= 11 is 0. The van der Waals surface area contributed by atoms with Crippen molar-refractivity contribution in [1.82, 2.24) is 15.0 Å². The number of hydrogen-bond acceptors (Lipinski definition) is 3. The summed E-state index contributed by atoms with van der Waals surface area (Å²) in [5.74, 6) is -0.326. The fraction of sp³-hybridized carbons (Fsp3) is 0.0400. The third kappa shape index (κ3) is 3.67. The Morgan fingerprint density at radius 1 is 1.00 bits per heavy atom. The molecule has 31 heavy (non-hydrogen) atoms. The summed E-state index contributed by atoms with van der Waals surface area (Å²) in [5.41, 5.74) is 4.19. The number of pyridine rings is 1. The van der Waals surface area contributed by atoms with Crippen molar-refractivity contribution in [3.8, 4) is 5.75 Å². The highest BCUT2D eigenvalue weighted by molar-refractivity contribution is 6.24. The minimum atomic E-state index is -1.00. The van der Waals surface area contributed by atoms with Gasteiger partial charge in [0.2, 0.25) is 0 Å². The maximum absolute atomic E-state index is 12.2. The smallest absolute Gasteiger partial charge is 0.336 e. The first-order valence-electron chi connectivity index (χ1n) is 9.84. The minimum Gasteiger partial charge on any atom is -0.489 e. The summed E-state index contributed by atoms with van der Waals surface area (Å²) in [6, 6.07) is 19.3. The van der Waals surface area contributed by atoms with Gasteiger partial charge in [-0.1, -0.05) is 30.3 Å². The Labute approximate surface area is 177 Å². The van der Waals surface area contributed by atoms with Crippen molar-refractivity contribution in [2.75, 3.05) is 0 Å². The van der Waals surface area contributed by atoms with Crippen LogP contribution in [-0.2, 0) is 11.4 Å². The van der Waals surface area contributed by atoms with E-state index in [9.17, 15) is 9.90 Å². The van der Waals surface area contributed by atoms with Crippen LogP contribution >= 0.6 is 0 Å². The monoisotopic (exact) mass is 409 g/mol. The second-order valence-electron chi connectivity index (χ2n) is 7.19. The van der Waals surface area contributed by atoms with E-state index < -0.39 is 5.97 Å². The molecule has 152 valence electrons. The average Bonchev–Trinajstić information content (AvgIpc) is 3.40. The zero-order valence-electron chi connectivity index (χ0n) is 16.5. The third-order valence-corrected chi connectivity index (χ3v) is 5.21. The van der Waals surface area contributed by atoms with Crippen LogP contribution in [0.5, 0.6) is 5.75 Å². The number of carboxylic acids is 1. The first kappa shape index (κ1) is 18.7. The topological polar surface area (TPSA) is 91.0 Å². The van der Waals surface area contributed by atoms with E-state index in [1.807, 2.05) is 60.7 Å². The summed E-state index contributed by atoms with van der Waals surface area (Å²) < 4.78 is 5.93. The number of carbonyl (C=O) groups is 1. The van der Waals surface area contributed by atoms with Gasteiger partial charge < -0.3 is 19.8 Å². The number of aromatic nitrogens is 3. The number of benzene rings is 2. The molecule has 0 unspecified atom stereocenters. The number of nitrogens with zero attached hydrogens (tertiary/aromatic N) is 1. The molecule has 0 saturated carbocycles. The molecule has 3 heterocycles. The maximum atomic E-state index is 12.2. The Balaban J connectivity index is 1.53. The van der Waals surface area contributed by atoms with E-state index >= 15 is 0 Å². The van der Waals surface area contributed by atoms with Crippen molar-refractivity contribution >= 4 is 39.6 Å². The van der Waals surface area contributed by atoms with Crippen molar-refractivity contribution in [2.24, 2.45) is 0 Å². The van der Waals surface area contributed by atoms with Crippen LogP contribution in [0.4, 0.5) is 0 Å². The molecular weight excluding hydrogens is 390 g/mol. The number of aromatic amines is 2. The van der Waals surface area contributed by atoms with Gasteiger partial charge in [-0.05, 0) is 42.0 Å². The fourth-order valence-electron chi connectivity index (χ4n) is 3.66. The summed E-state index contributed by atoms with van der Waals surface area (Å²) in [4.78, 5) is 22.7. The van der Waals surface area contributed by atoms with Gasteiger partial charge >= 0.3 is 5.97 Å². The van der Waals surface area contributed by atoms with Crippen LogP contribution in [-0.4, -0.2) is 26.0 Å². The maximum Gasteiger partial charge on any atom is 0.336 e. The van der Waals surface area contributed by atoms with Gasteiger partial charge in [0.15, 0.2) is 0 Å². The number of rotatable bonds is 6. The largest absolute Gasteiger partial charge is 0.489 e. The van der Waals surface area contributed by atoms with E-state index in [0.29, 0.717) is 23.6 Å². The zero-order chi connectivity index (χ0) is 21.2. The van der Waals surface area contributed by atoms with Gasteiger partial charge in [0.25, 0.3) is 0 Å². The van der Waals surface area contributed by atoms with Crippen molar-refractivity contribution in [3.05, 3.63) is 95.9 Å². The highest BCUT2D eigenvalue weighted by Crippen LogP contribution is 2.31. The third-order valence-electron chi connectivity index (χ3n) is 5.21. The molecular formula is C25H19N3O3. The Morgan fingerprint density at radius 3 is 2.71 bits per heavy atom. The van der Waals surface area contributed by atoms with E-state index in [0.717, 1.165) is 27.4 Å². The summed E-state index contributed by atoms with van der Waals surface area (Å²) in [7, 11) is 0. The molecule has 6 heteroatoms. The van der Waals surface area contributed by atoms with E-state index in [-0.39, 0.29) is 5.57 Å². The lowest BCUT2D eigenvalue weighted by molar-refractivity contribution is -0.130. The van der Waals surface area contributed by atoms with Gasteiger partial charge in [-0.15, -0.1) is 0 Å². The standard InChI is InChI=1S/C25H19N3O3/c29-25(30)21(11-17-13-28-24-19(17)7-4-10-26-24)22-14-27-23-9-8-18(12-20(22)23)31-15-16-5-2-1-3-6-16/h1-14,27H,15H2,(H,26,28)(H,29,30). The SMILES string of the molecule is O=C(O)C(=Cc1c[nH]c2ncccc12)c1c[nH]c2ccc(OCc3ccccc3)cc12. The second-order valence-corrected chi connectivity index (χ2v) is 7.19. The molecule has 0 bridgehead atoms. The van der Waals surface area contributed by atoms with E-state index in [1.165, 1.54) is 0 Å². The Bertz CT molecular complexity index is 1410. The average molecular weight is 409 g/mol. The number of ether oxygens (including phenoxy) is 1. The van der Waals surface area contributed by atoms with Gasteiger partial charge in [0.05, 0.1) is 5.57 Å². The highest BCUT2D eigenvalue weighted by Gasteiger charge is 2.17. The van der Waals surface area contributed by atoms with Crippen LogP contribution in [0.3, 0.4) is 0 Å². The second kappa shape index (κ2) is 7.84. The van der Waals surface area contributed by atoms with Crippen LogP contribution in [0.2, 0.25) is 0 Å². The predicted molar refractivity (Wildman–Crippen MR) is 121 cm³/mol. The Morgan fingerprint density at radius 2 is 1.87 bits per heavy atom. The van der Waals surface area contributed by atoms with Crippen molar-refractivity contribution in [3.63, 3.8) is 0 Å². The summed E-state index contributed by atoms with van der Waals surface area (Å²) in [6.07, 6.45) is 6.85. The van der Waals surface area contributed by atoms with Crippen LogP contribution in [0.15, 0.2) is 79.3 Å². The lowest BCUT2D eigenvalue weighted by Crippen LogP contribution is -1.99. The van der Waals surface area contributed by atoms with Crippen LogP contribution in [0.25, 0.3) is 33.6 Å². The van der Waals surface area contributed by atoms with E-state index in [2.05, 4.69) is 15.0 Å². The molecule has 0 aliphatic heterocycles. The van der Waals surface area contributed by atoms with Crippen molar-refractivity contribution < 1.29 is 14.6 Å². The molecule has 0 aliphatic rings. The molecule has 0 aliphatic carbocycles. The first-order chi connectivity index (χ1) is 15.2.